The monoisotopic (exact) mass is 1100 g/mol. The number of rotatable bonds is 23. The first-order valence-corrected chi connectivity index (χ1v) is 25.7. The van der Waals surface area contributed by atoms with Crippen LogP contribution < -0.4 is 41.0 Å². The van der Waals surface area contributed by atoms with Gasteiger partial charge in [-0.2, -0.15) is 0 Å². The van der Waals surface area contributed by atoms with Gasteiger partial charge in [0.05, 0.1) is 49.0 Å². The van der Waals surface area contributed by atoms with Gasteiger partial charge in [0.2, 0.25) is 11.7 Å². The minimum Gasteiger partial charge on any atom is -0.493 e. The third-order valence-electron chi connectivity index (χ3n) is 13.1. The molecule has 7 rings (SSSR count). The third-order valence-corrected chi connectivity index (χ3v) is 13.1. The van der Waals surface area contributed by atoms with E-state index in [0.717, 1.165) is 23.3 Å². The van der Waals surface area contributed by atoms with Crippen LogP contribution in [0.1, 0.15) is 101 Å². The van der Waals surface area contributed by atoms with Gasteiger partial charge in [-0.3, -0.25) is 24.0 Å². The van der Waals surface area contributed by atoms with E-state index in [2.05, 4.69) is 44.7 Å². The summed E-state index contributed by atoms with van der Waals surface area (Å²) < 4.78 is 38.5. The van der Waals surface area contributed by atoms with Gasteiger partial charge in [0, 0.05) is 71.9 Å². The fourth-order valence-corrected chi connectivity index (χ4v) is 9.18. The third kappa shape index (κ3) is 14.3. The molecule has 2 saturated heterocycles. The summed E-state index contributed by atoms with van der Waals surface area (Å²) in [5.74, 6) is -2.99. The fraction of sp³-hybridized carbons (Fsp3) is 0.453. The molecule has 6 N–H and O–H groups in total. The van der Waals surface area contributed by atoms with E-state index in [9.17, 15) is 43.5 Å². The molecule has 1 aromatic carbocycles. The molecular weight excluding hydrogens is 1030 g/mol. The fourth-order valence-electron chi connectivity index (χ4n) is 9.18. The van der Waals surface area contributed by atoms with Crippen LogP contribution in [0.4, 0.5) is 32.5 Å². The lowest BCUT2D eigenvalue weighted by Gasteiger charge is -2.37. The van der Waals surface area contributed by atoms with Crippen LogP contribution in [0.5, 0.6) is 11.5 Å². The molecular formula is C53H67N11O15. The van der Waals surface area contributed by atoms with E-state index in [-0.39, 0.29) is 110 Å². The summed E-state index contributed by atoms with van der Waals surface area (Å²) in [5.41, 5.74) is 1.90. The number of nitrogens with zero attached hydrogens (tertiary/aromatic N) is 6. The number of hydrogen-bond acceptors (Lipinski definition) is 15. The smallest absolute Gasteiger partial charge is 0.414 e. The summed E-state index contributed by atoms with van der Waals surface area (Å²) in [7, 11) is 6.21. The Kier molecular flexibility index (Phi) is 19.2. The van der Waals surface area contributed by atoms with E-state index >= 15 is 0 Å². The van der Waals surface area contributed by atoms with Gasteiger partial charge in [-0.25, -0.2) is 24.3 Å². The zero-order valence-corrected chi connectivity index (χ0v) is 45.0. The number of anilines is 4. The summed E-state index contributed by atoms with van der Waals surface area (Å²) in [4.78, 5) is 111. The van der Waals surface area contributed by atoms with Gasteiger partial charge in [-0.1, -0.05) is 38.7 Å². The normalized spacial score (nSPS) is 17.2. The summed E-state index contributed by atoms with van der Waals surface area (Å²) >= 11 is 0. The number of carboxylic acid groups (broad SMARTS) is 1. The van der Waals surface area contributed by atoms with Crippen molar-refractivity contribution in [3.63, 3.8) is 0 Å². The van der Waals surface area contributed by atoms with Gasteiger partial charge in [-0.05, 0) is 62.6 Å². The van der Waals surface area contributed by atoms with Crippen LogP contribution in [0.2, 0.25) is 0 Å². The predicted molar refractivity (Wildman–Crippen MR) is 285 cm³/mol. The van der Waals surface area contributed by atoms with Crippen molar-refractivity contribution in [2.45, 2.75) is 83.4 Å². The van der Waals surface area contributed by atoms with Crippen LogP contribution in [-0.2, 0) is 49.7 Å². The Balaban J connectivity index is 0.881. The molecule has 26 nitrogen and oxygen atoms in total. The number of nitrogens with one attached hydrogen (secondary N) is 5. The standard InChI is InChI=1S/C53H67N11O15/c1-9-17-78-52(71)59-44(30(2)3)51(70)77-20-13-16-54-46(66)36-22-32(27-60(36)5)55-47(67)37-23-33(28-61(37)6)56-48(68)45-58-41(29-62(45)7)57-42(65)14-12-19-75-40-25-35-34(24-39(40)74-8)49(69)63-26-31(4)21-38(63)50(64(35)53(72)73)79-43-15-10-11-18-76-43/h9,22-25,27-30,38,43-44,50H,1,4,10-21,26H2,2-3,5-8H3,(H,54,66)(H,55,67)(H,56,68)(H,57,65)(H,59,71)(H,72,73). The van der Waals surface area contributed by atoms with Crippen LogP contribution in [0, 0.1) is 5.92 Å². The van der Waals surface area contributed by atoms with Crippen LogP contribution >= 0.6 is 0 Å². The maximum Gasteiger partial charge on any atom is 0.414 e. The van der Waals surface area contributed by atoms with Crippen molar-refractivity contribution in [3.8, 4) is 11.5 Å². The Morgan fingerprint density at radius 3 is 2.24 bits per heavy atom. The van der Waals surface area contributed by atoms with Gasteiger partial charge >= 0.3 is 18.2 Å². The largest absolute Gasteiger partial charge is 0.493 e. The van der Waals surface area contributed by atoms with Crippen LogP contribution in [0.15, 0.2) is 67.7 Å². The van der Waals surface area contributed by atoms with E-state index in [1.165, 1.54) is 63.5 Å². The van der Waals surface area contributed by atoms with E-state index in [4.69, 9.17) is 28.4 Å². The Morgan fingerprint density at radius 1 is 0.873 bits per heavy atom. The number of ether oxygens (including phenoxy) is 6. The highest BCUT2D eigenvalue weighted by atomic mass is 16.7. The Morgan fingerprint density at radius 2 is 1.58 bits per heavy atom. The number of fused-ring (bicyclic) bond motifs is 2. The van der Waals surface area contributed by atoms with E-state index in [1.807, 2.05) is 0 Å². The quantitative estimate of drug-likeness (QED) is 0.0318. The highest BCUT2D eigenvalue weighted by molar-refractivity contribution is 6.08. The number of alkyl carbamates (subject to hydrolysis) is 1. The second-order valence-corrected chi connectivity index (χ2v) is 19.4. The zero-order valence-electron chi connectivity index (χ0n) is 45.0. The lowest BCUT2D eigenvalue weighted by molar-refractivity contribution is -0.195. The minimum absolute atomic E-state index is 0.00681. The number of hydrogen-bond donors (Lipinski definition) is 6. The predicted octanol–water partition coefficient (Wildman–Crippen LogP) is 5.15. The lowest BCUT2D eigenvalue weighted by Crippen LogP contribution is -2.53. The van der Waals surface area contributed by atoms with E-state index < -0.39 is 72.3 Å². The molecule has 3 aromatic heterocycles. The molecule has 0 saturated carbocycles. The van der Waals surface area contributed by atoms with Crippen molar-refractivity contribution in [2.24, 2.45) is 27.1 Å². The number of carbonyl (C=O) groups excluding carboxylic acids is 7. The average Bonchev–Trinajstić information content (AvgIpc) is 4.27. The topological polar surface area (TPSA) is 306 Å². The van der Waals surface area contributed by atoms with Crippen LogP contribution in [-0.4, -0.2) is 148 Å². The molecule has 79 heavy (non-hydrogen) atoms. The second kappa shape index (κ2) is 26.1. The number of aryl methyl sites for hydroxylation is 3. The molecule has 26 heteroatoms. The lowest BCUT2D eigenvalue weighted by atomic mass is 10.1. The molecule has 4 unspecified atom stereocenters. The first-order valence-electron chi connectivity index (χ1n) is 25.7. The van der Waals surface area contributed by atoms with Crippen molar-refractivity contribution in [3.05, 3.63) is 90.4 Å². The number of benzene rings is 1. The summed E-state index contributed by atoms with van der Waals surface area (Å²) in [5, 5.41) is 24.0. The van der Waals surface area contributed by atoms with Gasteiger partial charge in [0.1, 0.15) is 24.0 Å². The van der Waals surface area contributed by atoms with Gasteiger partial charge < -0.3 is 78.7 Å². The van der Waals surface area contributed by atoms with Crippen molar-refractivity contribution in [1.82, 2.24) is 34.2 Å². The number of carbonyl (C=O) groups is 8. The van der Waals surface area contributed by atoms with Crippen molar-refractivity contribution in [2.75, 3.05) is 67.5 Å². The molecule has 3 aliphatic rings. The van der Waals surface area contributed by atoms with Crippen LogP contribution in [0.3, 0.4) is 0 Å². The molecule has 0 spiro atoms. The Bertz CT molecular complexity index is 2970. The minimum atomic E-state index is -1.34. The zero-order chi connectivity index (χ0) is 57.1. The van der Waals surface area contributed by atoms with Gasteiger partial charge in [-0.15, -0.1) is 0 Å². The van der Waals surface area contributed by atoms with E-state index in [1.54, 1.807) is 46.1 Å². The van der Waals surface area contributed by atoms with Crippen molar-refractivity contribution < 1.29 is 71.9 Å². The first kappa shape index (κ1) is 58.0. The van der Waals surface area contributed by atoms with Crippen molar-refractivity contribution in [1.29, 1.82) is 0 Å². The molecule has 424 valence electrons. The molecule has 6 heterocycles. The molecule has 3 aliphatic heterocycles. The number of methoxy groups -OCH3 is 1. The molecule has 2 fully saturated rings. The highest BCUT2D eigenvalue weighted by Crippen LogP contribution is 2.43. The van der Waals surface area contributed by atoms with Gasteiger partial charge in [0.15, 0.2) is 29.8 Å². The average molecular weight is 1100 g/mol. The molecule has 4 atom stereocenters. The Labute approximate surface area is 455 Å². The SMILES string of the molecule is C=CCOC(=O)NC(C(=O)OCCCNC(=O)c1cc(NC(=O)c2cc(NC(=O)c3nc(NC(=O)CCCOc4cc5c(cc4OC)C(=O)N4CC(=C)CC4C(OC4CCCCO4)N5C(=O)O)cn3C)cn2C)cn1C)C(C)C. The number of esters is 1. The second-order valence-electron chi connectivity index (χ2n) is 19.4. The molecule has 4 aromatic rings. The first-order chi connectivity index (χ1) is 37.8. The number of imidazole rings is 1. The van der Waals surface area contributed by atoms with Crippen molar-refractivity contribution >= 4 is 70.6 Å². The maximum atomic E-state index is 14.0. The summed E-state index contributed by atoms with van der Waals surface area (Å²) in [6.45, 7) is 11.9. The molecule has 0 bridgehead atoms. The number of amides is 7. The maximum absolute atomic E-state index is 14.0. The number of aromatic nitrogens is 4. The molecule has 0 aliphatic carbocycles. The highest BCUT2D eigenvalue weighted by Gasteiger charge is 2.48. The Hall–Kier alpha value is -8.65. The summed E-state index contributed by atoms with van der Waals surface area (Å²) in [6.07, 6.45) is 5.12. The molecule has 7 amide bonds. The summed E-state index contributed by atoms with van der Waals surface area (Å²) in [6, 6.07) is 4.24. The molecule has 0 radical (unpaired) electrons. The van der Waals surface area contributed by atoms with E-state index in [0.29, 0.717) is 25.1 Å². The van der Waals surface area contributed by atoms with Gasteiger partial charge in [0.25, 0.3) is 23.6 Å². The van der Waals surface area contributed by atoms with Crippen LogP contribution in [0.25, 0.3) is 0 Å².